The van der Waals surface area contributed by atoms with Gasteiger partial charge in [-0.2, -0.15) is 5.10 Å². The van der Waals surface area contributed by atoms with Crippen LogP contribution in [0, 0.1) is 0 Å². The van der Waals surface area contributed by atoms with E-state index >= 15 is 0 Å². The van der Waals surface area contributed by atoms with Crippen molar-refractivity contribution in [1.82, 2.24) is 20.1 Å². The second kappa shape index (κ2) is 9.79. The highest BCUT2D eigenvalue weighted by Crippen LogP contribution is 2.29. The van der Waals surface area contributed by atoms with Gasteiger partial charge in [0.1, 0.15) is 0 Å². The number of rotatable bonds is 6. The zero-order valence-electron chi connectivity index (χ0n) is 19.2. The van der Waals surface area contributed by atoms with Crippen LogP contribution in [-0.4, -0.2) is 59.1 Å². The number of carbonyl (C=O) groups excluding carboxylic acids is 1. The second-order valence-electron chi connectivity index (χ2n) is 8.85. The van der Waals surface area contributed by atoms with Crippen LogP contribution in [0.15, 0.2) is 42.7 Å². The maximum atomic E-state index is 13.4. The van der Waals surface area contributed by atoms with Gasteiger partial charge >= 0.3 is 0 Å². The Bertz CT molecular complexity index is 1080. The van der Waals surface area contributed by atoms with Crippen LogP contribution in [0.2, 0.25) is 0 Å². The van der Waals surface area contributed by atoms with Crippen molar-refractivity contribution >= 4 is 28.3 Å². The van der Waals surface area contributed by atoms with E-state index in [0.717, 1.165) is 75.3 Å². The molecule has 0 atom stereocenters. The molecule has 8 heteroatoms. The van der Waals surface area contributed by atoms with Crippen LogP contribution >= 0.6 is 0 Å². The van der Waals surface area contributed by atoms with Gasteiger partial charge in [0.2, 0.25) is 0 Å². The molecule has 2 saturated heterocycles. The van der Waals surface area contributed by atoms with Crippen molar-refractivity contribution in [3.05, 3.63) is 48.3 Å². The Hall–Kier alpha value is -3.13. The molecule has 33 heavy (non-hydrogen) atoms. The van der Waals surface area contributed by atoms with E-state index < -0.39 is 0 Å². The number of hydrogen-bond acceptors (Lipinski definition) is 6. The van der Waals surface area contributed by atoms with Gasteiger partial charge in [-0.3, -0.25) is 4.79 Å². The quantitative estimate of drug-likeness (QED) is 0.601. The second-order valence-corrected chi connectivity index (χ2v) is 8.85. The third-order valence-corrected chi connectivity index (χ3v) is 6.73. The predicted octanol–water partition coefficient (Wildman–Crippen LogP) is 3.44. The lowest BCUT2D eigenvalue weighted by atomic mass is 10.0. The molecule has 4 heterocycles. The minimum atomic E-state index is -0.0682. The Morgan fingerprint density at radius 1 is 1.06 bits per heavy atom. The molecule has 2 aromatic heterocycles. The van der Waals surface area contributed by atoms with Crippen LogP contribution in [0.4, 0.5) is 11.4 Å². The zero-order chi connectivity index (χ0) is 22.6. The van der Waals surface area contributed by atoms with Crippen LogP contribution in [-0.2, 0) is 11.3 Å². The first-order valence-corrected chi connectivity index (χ1v) is 12.0. The van der Waals surface area contributed by atoms with E-state index in [1.165, 1.54) is 5.69 Å². The Labute approximate surface area is 194 Å². The number of amides is 1. The summed E-state index contributed by atoms with van der Waals surface area (Å²) in [4.78, 5) is 20.4. The van der Waals surface area contributed by atoms with Crippen LogP contribution in [0.5, 0.6) is 0 Å². The van der Waals surface area contributed by atoms with Crippen molar-refractivity contribution in [3.63, 3.8) is 0 Å². The molecule has 1 amide bonds. The van der Waals surface area contributed by atoms with Gasteiger partial charge in [-0.25, -0.2) is 9.67 Å². The summed E-state index contributed by atoms with van der Waals surface area (Å²) in [6.45, 7) is 6.12. The van der Waals surface area contributed by atoms with Crippen LogP contribution < -0.4 is 15.5 Å². The van der Waals surface area contributed by atoms with Crippen LogP contribution in [0.1, 0.15) is 43.0 Å². The number of pyridine rings is 1. The molecule has 1 aromatic carbocycles. The first-order valence-electron chi connectivity index (χ1n) is 12.0. The van der Waals surface area contributed by atoms with Crippen molar-refractivity contribution in [2.75, 3.05) is 36.5 Å². The number of aryl methyl sites for hydroxylation is 1. The lowest BCUT2D eigenvalue weighted by Crippen LogP contribution is -2.45. The number of nitrogens with zero attached hydrogens (tertiary/aromatic N) is 4. The molecule has 0 radical (unpaired) electrons. The van der Waals surface area contributed by atoms with Gasteiger partial charge < -0.3 is 20.3 Å². The smallest absolute Gasteiger partial charge is 0.255 e. The molecule has 2 aliphatic rings. The maximum absolute atomic E-state index is 13.4. The largest absolute Gasteiger partial charge is 0.381 e. The molecule has 3 aromatic rings. The van der Waals surface area contributed by atoms with E-state index in [4.69, 9.17) is 4.74 Å². The highest BCUT2D eigenvalue weighted by molar-refractivity contribution is 6.06. The standard InChI is InChI=1S/C25H32N6O2/c1-2-31-24-21(17-27-31)23(28-19-10-14-33-15-11-19)22(16-26-24)25(32)29-18-8-12-30(13-9-18)20-6-4-3-5-7-20/h3-7,16-19H,2,8-15H2,1H3,(H,26,28)(H,29,32). The topological polar surface area (TPSA) is 84.3 Å². The van der Waals surface area contributed by atoms with Crippen molar-refractivity contribution in [3.8, 4) is 0 Å². The lowest BCUT2D eigenvalue weighted by molar-refractivity contribution is 0.0903. The zero-order valence-corrected chi connectivity index (χ0v) is 19.2. The summed E-state index contributed by atoms with van der Waals surface area (Å²) in [6, 6.07) is 10.9. The molecule has 2 fully saturated rings. The summed E-state index contributed by atoms with van der Waals surface area (Å²) in [6.07, 6.45) is 7.21. The molecule has 0 aliphatic carbocycles. The fourth-order valence-corrected chi connectivity index (χ4v) is 4.82. The summed E-state index contributed by atoms with van der Waals surface area (Å²) in [5, 5.41) is 12.3. The third kappa shape index (κ3) is 4.66. The first-order chi connectivity index (χ1) is 16.2. The van der Waals surface area contributed by atoms with Crippen molar-refractivity contribution < 1.29 is 9.53 Å². The Kier molecular flexibility index (Phi) is 6.44. The Balaban J connectivity index is 1.33. The average Bonchev–Trinajstić information content (AvgIpc) is 3.29. The molecule has 0 saturated carbocycles. The summed E-state index contributed by atoms with van der Waals surface area (Å²) < 4.78 is 7.38. The number of ether oxygens (including phenoxy) is 1. The van der Waals surface area contributed by atoms with E-state index in [1.807, 2.05) is 23.9 Å². The minimum absolute atomic E-state index is 0.0682. The van der Waals surface area contributed by atoms with E-state index in [1.54, 1.807) is 6.20 Å². The lowest BCUT2D eigenvalue weighted by Gasteiger charge is -2.34. The van der Waals surface area contributed by atoms with Crippen molar-refractivity contribution in [2.24, 2.45) is 0 Å². The summed E-state index contributed by atoms with van der Waals surface area (Å²) in [5.41, 5.74) is 3.48. The number of nitrogens with one attached hydrogen (secondary N) is 2. The molecular weight excluding hydrogens is 416 g/mol. The molecule has 2 aliphatic heterocycles. The number of anilines is 2. The summed E-state index contributed by atoms with van der Waals surface area (Å²) >= 11 is 0. The highest BCUT2D eigenvalue weighted by atomic mass is 16.5. The van der Waals surface area contributed by atoms with E-state index in [2.05, 4.69) is 49.9 Å². The van der Waals surface area contributed by atoms with Gasteiger partial charge in [0.15, 0.2) is 5.65 Å². The predicted molar refractivity (Wildman–Crippen MR) is 130 cm³/mol. The van der Waals surface area contributed by atoms with Crippen molar-refractivity contribution in [2.45, 2.75) is 51.2 Å². The van der Waals surface area contributed by atoms with Gasteiger partial charge in [-0.15, -0.1) is 0 Å². The Morgan fingerprint density at radius 3 is 2.55 bits per heavy atom. The highest BCUT2D eigenvalue weighted by Gasteiger charge is 2.25. The number of benzene rings is 1. The van der Waals surface area contributed by atoms with E-state index in [0.29, 0.717) is 5.56 Å². The first kappa shape index (κ1) is 21.7. The summed E-state index contributed by atoms with van der Waals surface area (Å²) in [5.74, 6) is -0.0682. The van der Waals surface area contributed by atoms with Crippen LogP contribution in [0.3, 0.4) is 0 Å². The fourth-order valence-electron chi connectivity index (χ4n) is 4.82. The molecule has 174 valence electrons. The SMILES string of the molecule is CCn1ncc2c(NC3CCOCC3)c(C(=O)NC3CCN(c4ccccc4)CC3)cnc21. The van der Waals surface area contributed by atoms with Gasteiger partial charge in [0.05, 0.1) is 22.8 Å². The van der Waals surface area contributed by atoms with E-state index in [9.17, 15) is 4.79 Å². The molecular formula is C25H32N6O2. The van der Waals surface area contributed by atoms with Gasteiger partial charge in [-0.1, -0.05) is 18.2 Å². The Morgan fingerprint density at radius 2 is 1.82 bits per heavy atom. The number of hydrogen-bond donors (Lipinski definition) is 2. The fraction of sp³-hybridized carbons (Fsp3) is 0.480. The van der Waals surface area contributed by atoms with Gasteiger partial charge in [0.25, 0.3) is 5.91 Å². The minimum Gasteiger partial charge on any atom is -0.381 e. The maximum Gasteiger partial charge on any atom is 0.255 e. The number of fused-ring (bicyclic) bond motifs is 1. The molecule has 0 spiro atoms. The number of aromatic nitrogens is 3. The van der Waals surface area contributed by atoms with Gasteiger partial charge in [-0.05, 0) is 44.7 Å². The van der Waals surface area contributed by atoms with E-state index in [-0.39, 0.29) is 18.0 Å². The number of piperidine rings is 1. The number of para-hydroxylation sites is 1. The summed E-state index contributed by atoms with van der Waals surface area (Å²) in [7, 11) is 0. The molecule has 8 nitrogen and oxygen atoms in total. The third-order valence-electron chi connectivity index (χ3n) is 6.73. The van der Waals surface area contributed by atoms with Crippen LogP contribution in [0.25, 0.3) is 11.0 Å². The number of carbonyl (C=O) groups is 1. The molecule has 0 bridgehead atoms. The molecule has 2 N–H and O–H groups in total. The van der Waals surface area contributed by atoms with Crippen molar-refractivity contribution in [1.29, 1.82) is 0 Å². The normalized spacial score (nSPS) is 17.9. The molecule has 0 unspecified atom stereocenters. The molecule has 5 rings (SSSR count). The average molecular weight is 449 g/mol. The monoisotopic (exact) mass is 448 g/mol. The van der Waals surface area contributed by atoms with Gasteiger partial charge in [0, 0.05) is 56.8 Å².